The van der Waals surface area contributed by atoms with Crippen LogP contribution in [-0.2, 0) is 0 Å². The molecule has 3 aromatic carbocycles. The molecule has 1 aromatic heterocycles. The molecule has 144 valence electrons. The van der Waals surface area contributed by atoms with Gasteiger partial charge in [0.25, 0.3) is 0 Å². The van der Waals surface area contributed by atoms with E-state index in [9.17, 15) is 4.79 Å². The molecule has 0 saturated carbocycles. The first-order valence-corrected chi connectivity index (χ1v) is 9.23. The van der Waals surface area contributed by atoms with Crippen LogP contribution in [0.1, 0.15) is 15.9 Å². The lowest BCUT2D eigenvalue weighted by molar-refractivity contribution is 0.0722. The van der Waals surface area contributed by atoms with Gasteiger partial charge < -0.3 is 9.47 Å². The number of hydrogen-bond donors (Lipinski definition) is 0. The summed E-state index contributed by atoms with van der Waals surface area (Å²) in [6.07, 6.45) is 0. The van der Waals surface area contributed by atoms with Gasteiger partial charge in [-0.1, -0.05) is 48.5 Å². The molecule has 4 rings (SSSR count). The monoisotopic (exact) mass is 384 g/mol. The molecule has 0 amide bonds. The third-order valence-corrected chi connectivity index (χ3v) is 4.50. The summed E-state index contributed by atoms with van der Waals surface area (Å²) in [5.41, 5.74) is 3.98. The molecule has 0 aliphatic rings. The van der Waals surface area contributed by atoms with Crippen LogP contribution in [0.2, 0.25) is 0 Å². The first-order valence-electron chi connectivity index (χ1n) is 9.23. The van der Waals surface area contributed by atoms with E-state index in [4.69, 9.17) is 9.47 Å². The van der Waals surface area contributed by atoms with Crippen molar-refractivity contribution in [2.24, 2.45) is 0 Å². The van der Waals surface area contributed by atoms with E-state index in [1.165, 1.54) is 0 Å². The van der Waals surface area contributed by atoms with Crippen LogP contribution in [0.3, 0.4) is 0 Å². The zero-order valence-electron chi connectivity index (χ0n) is 16.2. The van der Waals surface area contributed by atoms with Crippen molar-refractivity contribution in [3.63, 3.8) is 0 Å². The molecule has 0 spiro atoms. The Kier molecular flexibility index (Phi) is 5.12. The van der Waals surface area contributed by atoms with Gasteiger partial charge in [0.15, 0.2) is 0 Å². The largest absolute Gasteiger partial charge is 0.497 e. The Morgan fingerprint density at radius 3 is 2.45 bits per heavy atom. The van der Waals surface area contributed by atoms with Crippen LogP contribution in [0, 0.1) is 6.92 Å². The second-order valence-electron chi connectivity index (χ2n) is 6.61. The van der Waals surface area contributed by atoms with Crippen LogP contribution in [0.25, 0.3) is 16.9 Å². The summed E-state index contributed by atoms with van der Waals surface area (Å²) in [7, 11) is 1.56. The summed E-state index contributed by atoms with van der Waals surface area (Å²) < 4.78 is 12.6. The van der Waals surface area contributed by atoms with Gasteiger partial charge in [0.2, 0.25) is 5.88 Å². The molecule has 0 N–H and O–H groups in total. The van der Waals surface area contributed by atoms with Crippen molar-refractivity contribution in [1.29, 1.82) is 0 Å². The molecule has 1 heterocycles. The number of carbonyl (C=O) groups is 1. The average molecular weight is 384 g/mol. The van der Waals surface area contributed by atoms with E-state index in [1.54, 1.807) is 42.1 Å². The Labute approximate surface area is 169 Å². The lowest BCUT2D eigenvalue weighted by Gasteiger charge is -2.09. The van der Waals surface area contributed by atoms with Crippen LogP contribution in [0.5, 0.6) is 11.6 Å². The molecular formula is C24H20N2O3. The van der Waals surface area contributed by atoms with Gasteiger partial charge in [0.1, 0.15) is 5.75 Å². The fraction of sp³-hybridized carbons (Fsp3) is 0.0833. The predicted octanol–water partition coefficient (Wildman–Crippen LogP) is 5.08. The zero-order chi connectivity index (χ0) is 20.2. The fourth-order valence-electron chi connectivity index (χ4n) is 3.04. The number of hydrogen-bond acceptors (Lipinski definition) is 4. The molecule has 0 saturated heterocycles. The van der Waals surface area contributed by atoms with Gasteiger partial charge in [-0.25, -0.2) is 4.79 Å². The summed E-state index contributed by atoms with van der Waals surface area (Å²) in [4.78, 5) is 12.8. The number of methoxy groups -OCH3 is 1. The van der Waals surface area contributed by atoms with Crippen LogP contribution < -0.4 is 9.47 Å². The van der Waals surface area contributed by atoms with Crippen molar-refractivity contribution < 1.29 is 14.3 Å². The van der Waals surface area contributed by atoms with Crippen molar-refractivity contribution in [2.45, 2.75) is 6.92 Å². The maximum absolute atomic E-state index is 12.8. The zero-order valence-corrected chi connectivity index (χ0v) is 16.2. The fourth-order valence-corrected chi connectivity index (χ4v) is 3.04. The number of aryl methyl sites for hydroxylation is 1. The standard InChI is InChI=1S/C24H20N2O3/c1-17-8-6-12-20(14-17)26-23(16-22(25-26)18-9-4-3-5-10-18)29-24(27)19-11-7-13-21(15-19)28-2/h3-16H,1-2H3. The van der Waals surface area contributed by atoms with Crippen LogP contribution >= 0.6 is 0 Å². The number of nitrogens with zero attached hydrogens (tertiary/aromatic N) is 2. The summed E-state index contributed by atoms with van der Waals surface area (Å²) in [6.45, 7) is 2.01. The van der Waals surface area contributed by atoms with E-state index in [2.05, 4.69) is 5.10 Å². The summed E-state index contributed by atoms with van der Waals surface area (Å²) >= 11 is 0. The van der Waals surface area contributed by atoms with Crippen LogP contribution in [0.15, 0.2) is 84.9 Å². The lowest BCUT2D eigenvalue weighted by Crippen LogP contribution is -2.12. The molecule has 0 aliphatic carbocycles. The van der Waals surface area contributed by atoms with Crippen LogP contribution in [-0.4, -0.2) is 22.9 Å². The molecule has 0 fully saturated rings. The Morgan fingerprint density at radius 1 is 0.897 bits per heavy atom. The third-order valence-electron chi connectivity index (χ3n) is 4.50. The van der Waals surface area contributed by atoms with Gasteiger partial charge in [-0.3, -0.25) is 0 Å². The minimum atomic E-state index is -0.475. The van der Waals surface area contributed by atoms with Gasteiger partial charge in [-0.05, 0) is 42.8 Å². The summed E-state index contributed by atoms with van der Waals surface area (Å²) in [5.74, 6) is 0.469. The third kappa shape index (κ3) is 4.04. The SMILES string of the molecule is COc1cccc(C(=O)Oc2cc(-c3ccccc3)nn2-c2cccc(C)c2)c1. The summed E-state index contributed by atoms with van der Waals surface area (Å²) in [5, 5.41) is 4.69. The van der Waals surface area contributed by atoms with Gasteiger partial charge >= 0.3 is 5.97 Å². The van der Waals surface area contributed by atoms with Gasteiger partial charge in [0.05, 0.1) is 24.1 Å². The Bertz CT molecular complexity index is 1150. The van der Waals surface area contributed by atoms with Gasteiger partial charge in [0, 0.05) is 11.6 Å². The van der Waals surface area contributed by atoms with Crippen molar-refractivity contribution >= 4 is 5.97 Å². The normalized spacial score (nSPS) is 10.6. The van der Waals surface area contributed by atoms with E-state index in [0.717, 1.165) is 22.5 Å². The molecule has 4 aromatic rings. The van der Waals surface area contributed by atoms with Crippen LogP contribution in [0.4, 0.5) is 0 Å². The number of ether oxygens (including phenoxy) is 2. The second kappa shape index (κ2) is 8.02. The molecule has 5 heteroatoms. The number of benzene rings is 3. The van der Waals surface area contributed by atoms with E-state index in [0.29, 0.717) is 17.2 Å². The molecule has 29 heavy (non-hydrogen) atoms. The van der Waals surface area contributed by atoms with Crippen molar-refractivity contribution in [3.05, 3.63) is 96.1 Å². The number of aromatic nitrogens is 2. The molecule has 0 unspecified atom stereocenters. The van der Waals surface area contributed by atoms with Gasteiger partial charge in [-0.2, -0.15) is 9.78 Å². The minimum absolute atomic E-state index is 0.349. The van der Waals surface area contributed by atoms with Crippen molar-refractivity contribution in [3.8, 4) is 28.6 Å². The van der Waals surface area contributed by atoms with E-state index < -0.39 is 5.97 Å². The smallest absolute Gasteiger partial charge is 0.344 e. The topological polar surface area (TPSA) is 53.4 Å². The quantitative estimate of drug-likeness (QED) is 0.451. The van der Waals surface area contributed by atoms with E-state index in [1.807, 2.05) is 61.5 Å². The molecule has 0 bridgehead atoms. The van der Waals surface area contributed by atoms with E-state index in [-0.39, 0.29) is 0 Å². The molecule has 0 radical (unpaired) electrons. The lowest BCUT2D eigenvalue weighted by atomic mass is 10.2. The molecule has 5 nitrogen and oxygen atoms in total. The highest BCUT2D eigenvalue weighted by molar-refractivity contribution is 5.91. The summed E-state index contributed by atoms with van der Waals surface area (Å²) in [6, 6.07) is 26.3. The maximum Gasteiger partial charge on any atom is 0.344 e. The Hall–Kier alpha value is -3.86. The maximum atomic E-state index is 12.8. The number of rotatable bonds is 5. The molecule has 0 atom stereocenters. The van der Waals surface area contributed by atoms with Crippen molar-refractivity contribution in [1.82, 2.24) is 9.78 Å². The Balaban J connectivity index is 1.74. The first kappa shape index (κ1) is 18.5. The minimum Gasteiger partial charge on any atom is -0.497 e. The highest BCUT2D eigenvalue weighted by Crippen LogP contribution is 2.27. The highest BCUT2D eigenvalue weighted by atomic mass is 16.5. The number of esters is 1. The molecular weight excluding hydrogens is 364 g/mol. The first-order chi connectivity index (χ1) is 14.1. The highest BCUT2D eigenvalue weighted by Gasteiger charge is 2.17. The predicted molar refractivity (Wildman–Crippen MR) is 112 cm³/mol. The number of carbonyl (C=O) groups excluding carboxylic acids is 1. The second-order valence-corrected chi connectivity index (χ2v) is 6.61. The van der Waals surface area contributed by atoms with Crippen molar-refractivity contribution in [2.75, 3.05) is 7.11 Å². The van der Waals surface area contributed by atoms with Gasteiger partial charge in [-0.15, -0.1) is 0 Å². The average Bonchev–Trinajstić information content (AvgIpc) is 3.18. The Morgan fingerprint density at radius 2 is 1.69 bits per heavy atom. The van der Waals surface area contributed by atoms with E-state index >= 15 is 0 Å². The molecule has 0 aliphatic heterocycles.